The molecule has 1 atom stereocenters. The van der Waals surface area contributed by atoms with Crippen LogP contribution < -0.4 is 15.8 Å². The molecule has 1 amide bonds. The number of para-hydroxylation sites is 1. The third-order valence-corrected chi connectivity index (χ3v) is 7.95. The standard InChI is InChI=1S/C33H34N6O2/c1-2-29(40)38-19-16-23(17-20-38)10-15-28-30(24-11-13-27(14-12-24)41-26-8-4-3-5-9-26)31-32(34)36-22-37-33(31)39(28)25-7-6-18-35-21-25/h2-5,8-9,11-14,22-23,25,35H,1,6-7,16-21H2,(H2,34,36,37). The van der Waals surface area contributed by atoms with Crippen molar-refractivity contribution in [3.63, 3.8) is 0 Å². The zero-order chi connectivity index (χ0) is 28.2. The second kappa shape index (κ2) is 11.9. The number of aromatic nitrogens is 3. The molecule has 6 rings (SSSR count). The molecule has 2 aliphatic rings. The number of nitrogens with two attached hydrogens (primary N) is 1. The molecule has 2 aromatic heterocycles. The van der Waals surface area contributed by atoms with Gasteiger partial charge in [0, 0.05) is 37.2 Å². The molecule has 2 saturated heterocycles. The molecule has 3 N–H and O–H groups in total. The topological polar surface area (TPSA) is 98.3 Å². The number of nitrogens with zero attached hydrogens (tertiary/aromatic N) is 4. The number of likely N-dealkylation sites (tertiary alicyclic amines) is 1. The van der Waals surface area contributed by atoms with E-state index in [2.05, 4.69) is 33.3 Å². The predicted molar refractivity (Wildman–Crippen MR) is 161 cm³/mol. The molecule has 1 unspecified atom stereocenters. The van der Waals surface area contributed by atoms with Crippen molar-refractivity contribution < 1.29 is 9.53 Å². The number of anilines is 1. The lowest BCUT2D eigenvalue weighted by atomic mass is 9.96. The van der Waals surface area contributed by atoms with Crippen LogP contribution >= 0.6 is 0 Å². The first-order valence-electron chi connectivity index (χ1n) is 14.2. The average molecular weight is 547 g/mol. The van der Waals surface area contributed by atoms with E-state index in [1.165, 1.54) is 12.4 Å². The Balaban J connectivity index is 1.42. The highest BCUT2D eigenvalue weighted by atomic mass is 16.5. The van der Waals surface area contributed by atoms with E-state index >= 15 is 0 Å². The lowest BCUT2D eigenvalue weighted by Gasteiger charge is -2.29. The van der Waals surface area contributed by atoms with Crippen LogP contribution in [0.5, 0.6) is 11.5 Å². The van der Waals surface area contributed by atoms with Crippen molar-refractivity contribution in [2.45, 2.75) is 31.7 Å². The van der Waals surface area contributed by atoms with Crippen molar-refractivity contribution in [1.29, 1.82) is 0 Å². The Hall–Kier alpha value is -4.61. The van der Waals surface area contributed by atoms with Crippen LogP contribution in [0, 0.1) is 17.8 Å². The van der Waals surface area contributed by atoms with Gasteiger partial charge in [-0.15, -0.1) is 0 Å². The summed E-state index contributed by atoms with van der Waals surface area (Å²) >= 11 is 0. The number of hydrogen-bond acceptors (Lipinski definition) is 6. The fourth-order valence-corrected chi connectivity index (χ4v) is 5.83. The molecule has 0 saturated carbocycles. The van der Waals surface area contributed by atoms with Crippen LogP contribution in [-0.2, 0) is 4.79 Å². The van der Waals surface area contributed by atoms with E-state index in [0.717, 1.165) is 78.1 Å². The van der Waals surface area contributed by atoms with Gasteiger partial charge in [-0.25, -0.2) is 9.97 Å². The van der Waals surface area contributed by atoms with E-state index in [9.17, 15) is 4.79 Å². The number of carbonyl (C=O) groups excluding carboxylic acids is 1. The molecule has 2 aromatic carbocycles. The quantitative estimate of drug-likeness (QED) is 0.265. The van der Waals surface area contributed by atoms with Crippen molar-refractivity contribution in [2.75, 3.05) is 31.9 Å². The number of nitrogen functional groups attached to an aromatic ring is 1. The van der Waals surface area contributed by atoms with Gasteiger partial charge in [0.25, 0.3) is 0 Å². The molecule has 208 valence electrons. The summed E-state index contributed by atoms with van der Waals surface area (Å²) in [5.41, 5.74) is 10.2. The van der Waals surface area contributed by atoms with E-state index in [-0.39, 0.29) is 17.9 Å². The van der Waals surface area contributed by atoms with Crippen LogP contribution in [0.3, 0.4) is 0 Å². The van der Waals surface area contributed by atoms with Gasteiger partial charge in [0.05, 0.1) is 5.39 Å². The molecule has 8 heteroatoms. The van der Waals surface area contributed by atoms with Crippen molar-refractivity contribution >= 4 is 22.8 Å². The molecule has 0 spiro atoms. The van der Waals surface area contributed by atoms with E-state index < -0.39 is 0 Å². The number of nitrogens with one attached hydrogen (secondary N) is 1. The zero-order valence-corrected chi connectivity index (χ0v) is 23.1. The summed E-state index contributed by atoms with van der Waals surface area (Å²) in [7, 11) is 0. The minimum atomic E-state index is -0.0163. The largest absolute Gasteiger partial charge is 0.457 e. The number of rotatable bonds is 5. The number of benzene rings is 2. The van der Waals surface area contributed by atoms with Gasteiger partial charge in [0.1, 0.15) is 35.0 Å². The predicted octanol–water partition coefficient (Wildman–Crippen LogP) is 5.17. The third-order valence-electron chi connectivity index (χ3n) is 7.95. The smallest absolute Gasteiger partial charge is 0.245 e. The van der Waals surface area contributed by atoms with Crippen LogP contribution in [0.1, 0.15) is 37.4 Å². The Morgan fingerprint density at radius 2 is 1.80 bits per heavy atom. The van der Waals surface area contributed by atoms with Gasteiger partial charge < -0.3 is 25.3 Å². The molecule has 0 bridgehead atoms. The minimum absolute atomic E-state index is 0.0163. The lowest BCUT2D eigenvalue weighted by molar-refractivity contribution is -0.127. The normalized spacial score (nSPS) is 17.6. The van der Waals surface area contributed by atoms with Gasteiger partial charge in [-0.1, -0.05) is 42.8 Å². The summed E-state index contributed by atoms with van der Waals surface area (Å²) in [6.45, 7) is 6.84. The minimum Gasteiger partial charge on any atom is -0.457 e. The molecular formula is C33H34N6O2. The molecule has 8 nitrogen and oxygen atoms in total. The summed E-state index contributed by atoms with van der Waals surface area (Å²) in [6, 6.07) is 18.0. The molecule has 4 heterocycles. The number of amides is 1. The van der Waals surface area contributed by atoms with Crippen molar-refractivity contribution in [3.05, 3.63) is 79.3 Å². The van der Waals surface area contributed by atoms with E-state index in [1.54, 1.807) is 0 Å². The average Bonchev–Trinajstić information content (AvgIpc) is 3.36. The molecule has 2 aliphatic heterocycles. The Bertz CT molecular complexity index is 1600. The maximum Gasteiger partial charge on any atom is 0.245 e. The first kappa shape index (κ1) is 26.6. The van der Waals surface area contributed by atoms with Gasteiger partial charge in [0.2, 0.25) is 5.91 Å². The van der Waals surface area contributed by atoms with Crippen LogP contribution in [0.2, 0.25) is 0 Å². The SMILES string of the molecule is C=CC(=O)N1CCC(C#Cc2c(-c3ccc(Oc4ccccc4)cc3)c3c(N)ncnc3n2C2CCCNC2)CC1. The highest BCUT2D eigenvalue weighted by Gasteiger charge is 2.27. The highest BCUT2D eigenvalue weighted by Crippen LogP contribution is 2.40. The molecule has 0 aliphatic carbocycles. The van der Waals surface area contributed by atoms with Gasteiger partial charge in [-0.2, -0.15) is 0 Å². The Morgan fingerprint density at radius 1 is 1.05 bits per heavy atom. The summed E-state index contributed by atoms with van der Waals surface area (Å²) in [5.74, 6) is 9.29. The Labute approximate surface area is 240 Å². The molecule has 41 heavy (non-hydrogen) atoms. The monoisotopic (exact) mass is 546 g/mol. The van der Waals surface area contributed by atoms with Crippen LogP contribution in [0.25, 0.3) is 22.2 Å². The van der Waals surface area contributed by atoms with Gasteiger partial charge in [-0.05, 0) is 74.1 Å². The number of hydrogen-bond donors (Lipinski definition) is 2. The number of carbonyl (C=O) groups is 1. The van der Waals surface area contributed by atoms with Crippen LogP contribution in [0.4, 0.5) is 5.82 Å². The highest BCUT2D eigenvalue weighted by molar-refractivity contribution is 6.03. The maximum absolute atomic E-state index is 12.1. The fourth-order valence-electron chi connectivity index (χ4n) is 5.83. The molecule has 0 radical (unpaired) electrons. The second-order valence-corrected chi connectivity index (χ2v) is 10.6. The summed E-state index contributed by atoms with van der Waals surface area (Å²) < 4.78 is 8.32. The maximum atomic E-state index is 12.1. The zero-order valence-electron chi connectivity index (χ0n) is 23.1. The first-order chi connectivity index (χ1) is 20.1. The summed E-state index contributed by atoms with van der Waals surface area (Å²) in [5, 5.41) is 4.36. The number of ether oxygens (including phenoxy) is 1. The van der Waals surface area contributed by atoms with E-state index in [1.807, 2.05) is 59.5 Å². The molecule has 4 aromatic rings. The first-order valence-corrected chi connectivity index (χ1v) is 14.2. The summed E-state index contributed by atoms with van der Waals surface area (Å²) in [6.07, 6.45) is 6.70. The van der Waals surface area contributed by atoms with Gasteiger partial charge in [-0.3, -0.25) is 4.79 Å². The third kappa shape index (κ3) is 5.54. The Morgan fingerprint density at radius 3 is 2.51 bits per heavy atom. The lowest BCUT2D eigenvalue weighted by Crippen LogP contribution is -2.37. The Kier molecular flexibility index (Phi) is 7.70. The van der Waals surface area contributed by atoms with E-state index in [0.29, 0.717) is 18.9 Å². The van der Waals surface area contributed by atoms with Crippen LogP contribution in [-0.4, -0.2) is 51.5 Å². The van der Waals surface area contributed by atoms with Crippen molar-refractivity contribution in [3.8, 4) is 34.5 Å². The molecule has 2 fully saturated rings. The van der Waals surface area contributed by atoms with Gasteiger partial charge in [0.15, 0.2) is 0 Å². The number of fused-ring (bicyclic) bond motifs is 1. The van der Waals surface area contributed by atoms with E-state index in [4.69, 9.17) is 15.5 Å². The van der Waals surface area contributed by atoms with Crippen LogP contribution in [0.15, 0.2) is 73.6 Å². The molecular weight excluding hydrogens is 512 g/mol. The van der Waals surface area contributed by atoms with Crippen molar-refractivity contribution in [2.24, 2.45) is 5.92 Å². The second-order valence-electron chi connectivity index (χ2n) is 10.6. The fraction of sp³-hybridized carbons (Fsp3) is 0.303. The van der Waals surface area contributed by atoms with Gasteiger partial charge >= 0.3 is 0 Å². The number of piperidine rings is 2. The van der Waals surface area contributed by atoms with Crippen molar-refractivity contribution in [1.82, 2.24) is 24.8 Å². The summed E-state index contributed by atoms with van der Waals surface area (Å²) in [4.78, 5) is 23.0.